The molecule has 0 saturated heterocycles. The van der Waals surface area contributed by atoms with Crippen LogP contribution in [0.5, 0.6) is 5.75 Å². The van der Waals surface area contributed by atoms with Crippen LogP contribution in [-0.2, 0) is 11.2 Å². The van der Waals surface area contributed by atoms with Crippen LogP contribution < -0.4 is 10.1 Å². The minimum absolute atomic E-state index is 0.0312. The highest BCUT2D eigenvalue weighted by molar-refractivity contribution is 7.15. The van der Waals surface area contributed by atoms with E-state index in [0.29, 0.717) is 11.0 Å². The second kappa shape index (κ2) is 8.82. The van der Waals surface area contributed by atoms with Crippen molar-refractivity contribution in [3.63, 3.8) is 0 Å². The summed E-state index contributed by atoms with van der Waals surface area (Å²) in [5, 5.41) is 3.42. The SMILES string of the molecule is Cc1cccc(Cc2cnc(NC(=O)COc3ccccc3C(C)C)s2)c1. The van der Waals surface area contributed by atoms with E-state index in [2.05, 4.69) is 55.3 Å². The number of nitrogens with zero attached hydrogens (tertiary/aromatic N) is 1. The van der Waals surface area contributed by atoms with Crippen molar-refractivity contribution in [1.82, 2.24) is 4.98 Å². The summed E-state index contributed by atoms with van der Waals surface area (Å²) in [7, 11) is 0. The Labute approximate surface area is 164 Å². The molecule has 0 spiro atoms. The Hall–Kier alpha value is -2.66. The molecule has 0 unspecified atom stereocenters. The van der Waals surface area contributed by atoms with E-state index in [1.54, 1.807) is 0 Å². The minimum atomic E-state index is -0.204. The van der Waals surface area contributed by atoms with E-state index in [4.69, 9.17) is 4.74 Å². The number of ether oxygens (including phenoxy) is 1. The Bertz CT molecular complexity index is 918. The highest BCUT2D eigenvalue weighted by atomic mass is 32.1. The van der Waals surface area contributed by atoms with E-state index in [9.17, 15) is 4.79 Å². The highest BCUT2D eigenvalue weighted by Crippen LogP contribution is 2.26. The first-order valence-corrected chi connectivity index (χ1v) is 9.84. The van der Waals surface area contributed by atoms with Crippen LogP contribution in [0.3, 0.4) is 0 Å². The van der Waals surface area contributed by atoms with Crippen LogP contribution in [0.2, 0.25) is 0 Å². The van der Waals surface area contributed by atoms with Gasteiger partial charge in [0, 0.05) is 17.5 Å². The molecule has 5 heteroatoms. The zero-order valence-electron chi connectivity index (χ0n) is 15.9. The average Bonchev–Trinajstić information content (AvgIpc) is 3.07. The molecule has 27 heavy (non-hydrogen) atoms. The van der Waals surface area contributed by atoms with E-state index < -0.39 is 0 Å². The van der Waals surface area contributed by atoms with E-state index in [1.807, 2.05) is 30.5 Å². The molecule has 1 amide bonds. The lowest BCUT2D eigenvalue weighted by molar-refractivity contribution is -0.118. The number of hydrogen-bond donors (Lipinski definition) is 1. The minimum Gasteiger partial charge on any atom is -0.483 e. The summed E-state index contributed by atoms with van der Waals surface area (Å²) in [6.45, 7) is 6.26. The smallest absolute Gasteiger partial charge is 0.264 e. The number of carbonyl (C=O) groups excluding carboxylic acids is 1. The van der Waals surface area contributed by atoms with Crippen molar-refractivity contribution in [2.24, 2.45) is 0 Å². The molecule has 0 atom stereocenters. The largest absolute Gasteiger partial charge is 0.483 e. The molecule has 0 saturated carbocycles. The van der Waals surface area contributed by atoms with Crippen LogP contribution in [0.25, 0.3) is 0 Å². The van der Waals surface area contributed by atoms with Crippen molar-refractivity contribution in [3.05, 3.63) is 76.3 Å². The van der Waals surface area contributed by atoms with Gasteiger partial charge in [0.2, 0.25) is 0 Å². The first-order chi connectivity index (χ1) is 13.0. The van der Waals surface area contributed by atoms with Gasteiger partial charge >= 0.3 is 0 Å². The van der Waals surface area contributed by atoms with Gasteiger partial charge in [-0.25, -0.2) is 4.98 Å². The second-order valence-corrected chi connectivity index (χ2v) is 7.94. The molecular formula is C22H24N2O2S. The van der Waals surface area contributed by atoms with Gasteiger partial charge in [-0.1, -0.05) is 61.9 Å². The number of aromatic nitrogens is 1. The standard InChI is InChI=1S/C22H24N2O2S/c1-15(2)19-9-4-5-10-20(19)26-14-21(25)24-22-23-13-18(27-22)12-17-8-6-7-16(3)11-17/h4-11,13,15H,12,14H2,1-3H3,(H,23,24,25). The fourth-order valence-electron chi connectivity index (χ4n) is 2.86. The number of carbonyl (C=O) groups is 1. The van der Waals surface area contributed by atoms with Gasteiger partial charge in [-0.05, 0) is 30.0 Å². The number of para-hydroxylation sites is 1. The van der Waals surface area contributed by atoms with Crippen molar-refractivity contribution >= 4 is 22.4 Å². The second-order valence-electron chi connectivity index (χ2n) is 6.83. The number of hydrogen-bond acceptors (Lipinski definition) is 4. The molecule has 140 valence electrons. The number of aryl methyl sites for hydroxylation is 1. The summed E-state index contributed by atoms with van der Waals surface area (Å²) in [4.78, 5) is 17.6. The molecule has 1 heterocycles. The fourth-order valence-corrected chi connectivity index (χ4v) is 3.72. The Morgan fingerprint density at radius 2 is 2.00 bits per heavy atom. The van der Waals surface area contributed by atoms with Gasteiger partial charge in [0.05, 0.1) is 0 Å². The molecular weight excluding hydrogens is 356 g/mol. The van der Waals surface area contributed by atoms with Gasteiger partial charge in [-0.15, -0.1) is 11.3 Å². The topological polar surface area (TPSA) is 51.2 Å². The third-order valence-corrected chi connectivity index (χ3v) is 5.07. The summed E-state index contributed by atoms with van der Waals surface area (Å²) in [5.41, 5.74) is 3.58. The van der Waals surface area contributed by atoms with Crippen molar-refractivity contribution in [1.29, 1.82) is 0 Å². The lowest BCUT2D eigenvalue weighted by atomic mass is 10.0. The predicted octanol–water partition coefficient (Wildman–Crippen LogP) is 5.18. The predicted molar refractivity (Wildman–Crippen MR) is 111 cm³/mol. The van der Waals surface area contributed by atoms with Gasteiger partial charge in [0.25, 0.3) is 5.91 Å². The number of anilines is 1. The van der Waals surface area contributed by atoms with Gasteiger partial charge in [-0.2, -0.15) is 0 Å². The molecule has 0 aliphatic heterocycles. The molecule has 1 aromatic heterocycles. The van der Waals surface area contributed by atoms with Gasteiger partial charge in [0.1, 0.15) is 5.75 Å². The lowest BCUT2D eigenvalue weighted by Gasteiger charge is -2.13. The first-order valence-electron chi connectivity index (χ1n) is 9.03. The zero-order valence-corrected chi connectivity index (χ0v) is 16.7. The summed E-state index contributed by atoms with van der Waals surface area (Å²) >= 11 is 1.49. The van der Waals surface area contributed by atoms with Crippen LogP contribution in [0.15, 0.2) is 54.7 Å². The highest BCUT2D eigenvalue weighted by Gasteiger charge is 2.11. The summed E-state index contributed by atoms with van der Waals surface area (Å²) in [6, 6.07) is 16.2. The van der Waals surface area contributed by atoms with Gasteiger partial charge < -0.3 is 4.74 Å². The third kappa shape index (κ3) is 5.41. The lowest BCUT2D eigenvalue weighted by Crippen LogP contribution is -2.20. The Morgan fingerprint density at radius 3 is 2.78 bits per heavy atom. The van der Waals surface area contributed by atoms with E-state index in [-0.39, 0.29) is 12.5 Å². The maximum absolute atomic E-state index is 12.2. The van der Waals surface area contributed by atoms with E-state index in [0.717, 1.165) is 22.6 Å². The summed E-state index contributed by atoms with van der Waals surface area (Å²) in [6.07, 6.45) is 2.63. The Kier molecular flexibility index (Phi) is 6.24. The maximum Gasteiger partial charge on any atom is 0.264 e. The molecule has 3 rings (SSSR count). The van der Waals surface area contributed by atoms with E-state index in [1.165, 1.54) is 22.5 Å². The van der Waals surface area contributed by atoms with E-state index >= 15 is 0 Å². The Balaban J connectivity index is 1.55. The number of thiazole rings is 1. The molecule has 4 nitrogen and oxygen atoms in total. The normalized spacial score (nSPS) is 10.8. The van der Waals surface area contributed by atoms with Crippen LogP contribution in [0.1, 0.15) is 41.3 Å². The van der Waals surface area contributed by atoms with Crippen molar-refractivity contribution in [2.45, 2.75) is 33.1 Å². The molecule has 0 radical (unpaired) electrons. The zero-order chi connectivity index (χ0) is 19.2. The Morgan fingerprint density at radius 1 is 1.19 bits per heavy atom. The molecule has 0 aliphatic rings. The molecule has 1 N–H and O–H groups in total. The van der Waals surface area contributed by atoms with Crippen LogP contribution >= 0.6 is 11.3 Å². The summed E-state index contributed by atoms with van der Waals surface area (Å²) < 4.78 is 5.71. The van der Waals surface area contributed by atoms with Gasteiger partial charge in [-0.3, -0.25) is 10.1 Å². The number of nitrogens with one attached hydrogen (secondary N) is 1. The summed E-state index contributed by atoms with van der Waals surface area (Å²) in [5.74, 6) is 0.888. The number of benzene rings is 2. The third-order valence-electron chi connectivity index (χ3n) is 4.16. The fraction of sp³-hybridized carbons (Fsp3) is 0.273. The van der Waals surface area contributed by atoms with Crippen LogP contribution in [-0.4, -0.2) is 17.5 Å². The molecule has 2 aromatic carbocycles. The maximum atomic E-state index is 12.2. The monoisotopic (exact) mass is 380 g/mol. The van der Waals surface area contributed by atoms with Gasteiger partial charge in [0.15, 0.2) is 11.7 Å². The number of rotatable bonds is 7. The average molecular weight is 381 g/mol. The van der Waals surface area contributed by atoms with Crippen LogP contribution in [0, 0.1) is 6.92 Å². The molecule has 0 fully saturated rings. The van der Waals surface area contributed by atoms with Crippen LogP contribution in [0.4, 0.5) is 5.13 Å². The number of amides is 1. The molecule has 0 bridgehead atoms. The quantitative estimate of drug-likeness (QED) is 0.614. The van der Waals surface area contributed by atoms with Crippen molar-refractivity contribution in [3.8, 4) is 5.75 Å². The van der Waals surface area contributed by atoms with Crippen molar-refractivity contribution < 1.29 is 9.53 Å². The van der Waals surface area contributed by atoms with Crippen molar-refractivity contribution in [2.75, 3.05) is 11.9 Å². The molecule has 0 aliphatic carbocycles. The molecule has 3 aromatic rings. The first kappa shape index (κ1) is 19.1.